The number of halogens is 1. The summed E-state index contributed by atoms with van der Waals surface area (Å²) in [5, 5.41) is 6.94. The molecule has 0 amide bonds. The second-order valence-corrected chi connectivity index (χ2v) is 9.42. The molecule has 0 saturated carbocycles. The lowest BCUT2D eigenvalue weighted by atomic mass is 9.86. The van der Waals surface area contributed by atoms with Crippen LogP contribution in [-0.4, -0.2) is 46.0 Å². The Balaban J connectivity index is 2.65. The predicted molar refractivity (Wildman–Crippen MR) is 103 cm³/mol. The maximum Gasteiger partial charge on any atom is 0.191 e. The van der Waals surface area contributed by atoms with Gasteiger partial charge in [-0.3, -0.25) is 4.99 Å². The molecule has 5 nitrogen and oxygen atoms in total. The van der Waals surface area contributed by atoms with E-state index in [4.69, 9.17) is 11.6 Å². The lowest BCUT2D eigenvalue weighted by Crippen LogP contribution is -2.40. The van der Waals surface area contributed by atoms with Gasteiger partial charge in [-0.2, -0.15) is 0 Å². The van der Waals surface area contributed by atoms with Gasteiger partial charge in [0.15, 0.2) is 5.96 Å². The van der Waals surface area contributed by atoms with E-state index in [0.717, 1.165) is 18.0 Å². The molecule has 0 saturated heterocycles. The van der Waals surface area contributed by atoms with E-state index in [9.17, 15) is 8.42 Å². The van der Waals surface area contributed by atoms with Crippen LogP contribution >= 0.6 is 11.6 Å². The van der Waals surface area contributed by atoms with E-state index in [1.165, 1.54) is 11.8 Å². The number of hydrogen-bond donors (Lipinski definition) is 2. The number of nitrogens with one attached hydrogen (secondary N) is 2. The van der Waals surface area contributed by atoms with Gasteiger partial charge in [0.25, 0.3) is 0 Å². The fourth-order valence-electron chi connectivity index (χ4n) is 2.25. The van der Waals surface area contributed by atoms with Crippen LogP contribution in [0.3, 0.4) is 0 Å². The highest BCUT2D eigenvalue weighted by molar-refractivity contribution is 7.90. The summed E-state index contributed by atoms with van der Waals surface area (Å²) in [6.07, 6.45) is 2.09. The van der Waals surface area contributed by atoms with E-state index in [1.807, 2.05) is 25.1 Å². The molecule has 24 heavy (non-hydrogen) atoms. The molecule has 0 atom stereocenters. The average molecular weight is 374 g/mol. The van der Waals surface area contributed by atoms with Crippen molar-refractivity contribution in [3.63, 3.8) is 0 Å². The molecule has 1 aromatic carbocycles. The van der Waals surface area contributed by atoms with Crippen molar-refractivity contribution in [2.75, 3.05) is 31.6 Å². The van der Waals surface area contributed by atoms with Crippen molar-refractivity contribution in [1.82, 2.24) is 10.6 Å². The molecule has 136 valence electrons. The summed E-state index contributed by atoms with van der Waals surface area (Å²) >= 11 is 6.04. The van der Waals surface area contributed by atoms with Crippen LogP contribution in [0, 0.1) is 5.41 Å². The Kier molecular flexibility index (Phi) is 8.03. The molecule has 7 heteroatoms. The molecule has 0 unspecified atom stereocenters. The number of sulfone groups is 1. The van der Waals surface area contributed by atoms with Crippen LogP contribution in [0.15, 0.2) is 29.3 Å². The molecule has 0 aliphatic rings. The van der Waals surface area contributed by atoms with Gasteiger partial charge in [-0.05, 0) is 36.5 Å². The third-order valence-corrected chi connectivity index (χ3v) is 4.53. The zero-order chi connectivity index (χ0) is 18.2. The minimum absolute atomic E-state index is 0.0378. The number of hydrogen-bond acceptors (Lipinski definition) is 3. The molecule has 0 fully saturated rings. The molecule has 2 N–H and O–H groups in total. The van der Waals surface area contributed by atoms with Crippen LogP contribution in [0.25, 0.3) is 0 Å². The van der Waals surface area contributed by atoms with Gasteiger partial charge in [0, 0.05) is 30.9 Å². The quantitative estimate of drug-likeness (QED) is 0.542. The third-order valence-electron chi connectivity index (χ3n) is 3.35. The van der Waals surface area contributed by atoms with Gasteiger partial charge < -0.3 is 10.6 Å². The molecule has 0 aromatic heterocycles. The first-order chi connectivity index (χ1) is 11.1. The van der Waals surface area contributed by atoms with Crippen LogP contribution < -0.4 is 10.6 Å². The number of guanidine groups is 1. The molecule has 0 heterocycles. The minimum atomic E-state index is -2.98. The molecule has 0 bridgehead atoms. The summed E-state index contributed by atoms with van der Waals surface area (Å²) in [6, 6.07) is 7.86. The minimum Gasteiger partial charge on any atom is -0.357 e. The smallest absolute Gasteiger partial charge is 0.191 e. The molecule has 0 aliphatic heterocycles. The Morgan fingerprint density at radius 1 is 1.29 bits per heavy atom. The van der Waals surface area contributed by atoms with Gasteiger partial charge in [0.05, 0.1) is 5.75 Å². The van der Waals surface area contributed by atoms with Crippen molar-refractivity contribution in [3.8, 4) is 0 Å². The van der Waals surface area contributed by atoms with Crippen molar-refractivity contribution >= 4 is 27.4 Å². The van der Waals surface area contributed by atoms with Crippen LogP contribution in [0.2, 0.25) is 5.02 Å². The maximum absolute atomic E-state index is 11.2. The SMILES string of the molecule is CCNC(=NCC(C)(C)Cc1cccc(Cl)c1)NCCS(C)(=O)=O. The van der Waals surface area contributed by atoms with E-state index < -0.39 is 9.84 Å². The van der Waals surface area contributed by atoms with Gasteiger partial charge in [-0.25, -0.2) is 8.42 Å². The Hall–Kier alpha value is -1.27. The first-order valence-corrected chi connectivity index (χ1v) is 10.5. The van der Waals surface area contributed by atoms with E-state index in [-0.39, 0.29) is 11.2 Å². The standard InChI is InChI=1S/C17H28ClN3O2S/c1-5-19-16(20-9-10-24(4,22)23)21-13-17(2,3)12-14-7-6-8-15(18)11-14/h6-8,11H,5,9-10,12-13H2,1-4H3,(H2,19,20,21). The second kappa shape index (κ2) is 9.28. The highest BCUT2D eigenvalue weighted by Crippen LogP contribution is 2.23. The summed E-state index contributed by atoms with van der Waals surface area (Å²) in [6.45, 7) is 7.96. The van der Waals surface area contributed by atoms with Crippen molar-refractivity contribution in [3.05, 3.63) is 34.9 Å². The van der Waals surface area contributed by atoms with Gasteiger partial charge in [-0.1, -0.05) is 37.6 Å². The molecular formula is C17H28ClN3O2S. The fraction of sp³-hybridized carbons (Fsp3) is 0.588. The highest BCUT2D eigenvalue weighted by atomic mass is 35.5. The normalized spacial score (nSPS) is 13.0. The third kappa shape index (κ3) is 9.13. The molecule has 1 aromatic rings. The molecule has 1 rings (SSSR count). The van der Waals surface area contributed by atoms with Gasteiger partial charge in [-0.15, -0.1) is 0 Å². The van der Waals surface area contributed by atoms with E-state index in [1.54, 1.807) is 0 Å². The summed E-state index contributed by atoms with van der Waals surface area (Å²) < 4.78 is 22.4. The molecule has 0 radical (unpaired) electrons. The predicted octanol–water partition coefficient (Wildman–Crippen LogP) is 2.51. The summed E-state index contributed by atoms with van der Waals surface area (Å²) in [4.78, 5) is 4.59. The summed E-state index contributed by atoms with van der Waals surface area (Å²) in [5.41, 5.74) is 1.14. The topological polar surface area (TPSA) is 70.6 Å². The van der Waals surface area contributed by atoms with Crippen molar-refractivity contribution < 1.29 is 8.42 Å². The average Bonchev–Trinajstić information content (AvgIpc) is 2.43. The monoisotopic (exact) mass is 373 g/mol. The number of benzene rings is 1. The summed E-state index contributed by atoms with van der Waals surface area (Å²) in [5.74, 6) is 0.726. The van der Waals surface area contributed by atoms with Crippen LogP contribution in [0.4, 0.5) is 0 Å². The first-order valence-electron chi connectivity index (χ1n) is 8.06. The first kappa shape index (κ1) is 20.8. The van der Waals surface area contributed by atoms with Crippen LogP contribution in [-0.2, 0) is 16.3 Å². The van der Waals surface area contributed by atoms with Crippen LogP contribution in [0.1, 0.15) is 26.3 Å². The van der Waals surface area contributed by atoms with Crippen molar-refractivity contribution in [2.45, 2.75) is 27.2 Å². The number of nitrogens with zero attached hydrogens (tertiary/aromatic N) is 1. The largest absolute Gasteiger partial charge is 0.357 e. The Morgan fingerprint density at radius 3 is 2.58 bits per heavy atom. The molecule has 0 aliphatic carbocycles. The van der Waals surface area contributed by atoms with Gasteiger partial charge >= 0.3 is 0 Å². The number of aliphatic imine (C=N–C) groups is 1. The Morgan fingerprint density at radius 2 is 2.00 bits per heavy atom. The summed E-state index contributed by atoms with van der Waals surface area (Å²) in [7, 11) is -2.98. The fourth-order valence-corrected chi connectivity index (χ4v) is 2.93. The van der Waals surface area contributed by atoms with E-state index in [0.29, 0.717) is 19.0 Å². The Bertz CT molecular complexity index is 658. The number of rotatable bonds is 8. The molecular weight excluding hydrogens is 346 g/mol. The Labute approximate surface area is 150 Å². The van der Waals surface area contributed by atoms with Gasteiger partial charge in [0.1, 0.15) is 9.84 Å². The van der Waals surface area contributed by atoms with E-state index >= 15 is 0 Å². The van der Waals surface area contributed by atoms with Crippen LogP contribution in [0.5, 0.6) is 0 Å². The lowest BCUT2D eigenvalue weighted by molar-refractivity contribution is 0.377. The zero-order valence-corrected chi connectivity index (χ0v) is 16.5. The highest BCUT2D eigenvalue weighted by Gasteiger charge is 2.18. The second-order valence-electron chi connectivity index (χ2n) is 6.72. The zero-order valence-electron chi connectivity index (χ0n) is 14.9. The lowest BCUT2D eigenvalue weighted by Gasteiger charge is -2.23. The van der Waals surface area contributed by atoms with Crippen molar-refractivity contribution in [1.29, 1.82) is 0 Å². The maximum atomic E-state index is 11.2. The molecule has 0 spiro atoms. The van der Waals surface area contributed by atoms with Gasteiger partial charge in [0.2, 0.25) is 0 Å². The van der Waals surface area contributed by atoms with Crippen molar-refractivity contribution in [2.24, 2.45) is 10.4 Å². The van der Waals surface area contributed by atoms with E-state index in [2.05, 4.69) is 35.5 Å².